The summed E-state index contributed by atoms with van der Waals surface area (Å²) in [6, 6.07) is 0. The summed E-state index contributed by atoms with van der Waals surface area (Å²) < 4.78 is 6.73. The lowest BCUT2D eigenvalue weighted by atomic mass is 9.94. The van der Waals surface area contributed by atoms with Crippen molar-refractivity contribution in [3.05, 3.63) is 25.3 Å². The van der Waals surface area contributed by atoms with Gasteiger partial charge in [0.1, 0.15) is 0 Å². The van der Waals surface area contributed by atoms with E-state index in [1.807, 2.05) is 12.2 Å². The minimum absolute atomic E-state index is 0.139. The fourth-order valence-electron chi connectivity index (χ4n) is 2.33. The van der Waals surface area contributed by atoms with E-state index in [0.29, 0.717) is 5.92 Å². The highest BCUT2D eigenvalue weighted by molar-refractivity contribution is 7.80. The molecule has 0 aromatic carbocycles. The van der Waals surface area contributed by atoms with Gasteiger partial charge in [0.05, 0.1) is 11.1 Å². The van der Waals surface area contributed by atoms with Gasteiger partial charge in [-0.05, 0) is 24.1 Å². The summed E-state index contributed by atoms with van der Waals surface area (Å²) >= 11 is 5.77. The van der Waals surface area contributed by atoms with Gasteiger partial charge >= 0.3 is 0 Å². The van der Waals surface area contributed by atoms with Crippen LogP contribution in [0.2, 0.25) is 18.1 Å². The molecular weight excluding hydrogens is 318 g/mol. The number of hydrogen-bond donors (Lipinski definition) is 0. The number of thiocarbonyl (C=S) groups is 1. The summed E-state index contributed by atoms with van der Waals surface area (Å²) in [4.78, 5) is 3.10. The first kappa shape index (κ1) is 22.5. The largest absolute Gasteiger partial charge is 0.413 e. The maximum atomic E-state index is 6.73. The van der Waals surface area contributed by atoms with Crippen LogP contribution in [0.3, 0.4) is 0 Å². The Bertz CT molecular complexity index is 402. The quantitative estimate of drug-likeness (QED) is 0.300. The molecule has 0 aliphatic rings. The van der Waals surface area contributed by atoms with E-state index in [1.165, 1.54) is 0 Å². The molecule has 0 N–H and O–H groups in total. The predicted octanol–water partition coefficient (Wildman–Crippen LogP) is 5.67. The first-order valence-corrected chi connectivity index (χ1v) is 11.9. The molecule has 0 fully saturated rings. The molecule has 0 radical (unpaired) electrons. The highest BCUT2D eigenvalue weighted by Crippen LogP contribution is 2.39. The smallest absolute Gasteiger partial charge is 0.192 e. The fraction of sp³-hybridized carbons (Fsp3) is 0.737. The Kier molecular flexibility index (Phi) is 8.96. The average Bonchev–Trinajstić information content (AvgIpc) is 2.41. The number of hydrogen-bond acceptors (Lipinski definition) is 2. The van der Waals surface area contributed by atoms with Crippen LogP contribution < -0.4 is 0 Å². The van der Waals surface area contributed by atoms with Crippen molar-refractivity contribution >= 4 is 25.5 Å². The standard InChI is InChI=1S/C19H37NOSSi/c1-11-13-20(14-12-2)18(22)16(5)17(15(3)4)21-23(9,10)19(6,7)8/h11-12,15-17H,1-2,13-14H2,3-10H3/t16-,17+/m1/s1. The summed E-state index contributed by atoms with van der Waals surface area (Å²) in [7, 11) is -1.83. The van der Waals surface area contributed by atoms with E-state index in [2.05, 4.69) is 72.7 Å². The molecular formula is C19H37NOSSi. The summed E-state index contributed by atoms with van der Waals surface area (Å²) in [5.74, 6) is 0.616. The van der Waals surface area contributed by atoms with Gasteiger partial charge in [0.25, 0.3) is 0 Å². The van der Waals surface area contributed by atoms with Crippen molar-refractivity contribution in [2.75, 3.05) is 13.1 Å². The molecule has 0 aliphatic heterocycles. The van der Waals surface area contributed by atoms with Crippen LogP contribution >= 0.6 is 12.2 Å². The van der Waals surface area contributed by atoms with E-state index in [-0.39, 0.29) is 17.1 Å². The molecule has 0 rings (SSSR count). The molecule has 0 saturated carbocycles. The van der Waals surface area contributed by atoms with Crippen LogP contribution in [0.1, 0.15) is 41.5 Å². The molecule has 2 atom stereocenters. The van der Waals surface area contributed by atoms with Gasteiger partial charge in [-0.3, -0.25) is 0 Å². The monoisotopic (exact) mass is 355 g/mol. The van der Waals surface area contributed by atoms with Crippen molar-refractivity contribution in [3.8, 4) is 0 Å². The minimum Gasteiger partial charge on any atom is -0.413 e. The molecule has 0 saturated heterocycles. The second-order valence-corrected chi connectivity index (χ2v) is 13.4. The molecule has 0 spiro atoms. The number of rotatable bonds is 9. The van der Waals surface area contributed by atoms with E-state index in [0.717, 1.165) is 18.1 Å². The van der Waals surface area contributed by atoms with Crippen LogP contribution in [-0.4, -0.2) is 37.4 Å². The molecule has 2 nitrogen and oxygen atoms in total. The maximum Gasteiger partial charge on any atom is 0.192 e. The molecule has 0 aromatic rings. The summed E-state index contributed by atoms with van der Waals surface area (Å²) in [5.41, 5.74) is 0. The normalized spacial score (nSPS) is 15.2. The molecule has 0 aromatic heterocycles. The molecule has 0 bridgehead atoms. The molecule has 23 heavy (non-hydrogen) atoms. The fourth-order valence-corrected chi connectivity index (χ4v) is 4.12. The van der Waals surface area contributed by atoms with Gasteiger partial charge in [-0.1, -0.05) is 65.9 Å². The van der Waals surface area contributed by atoms with Crippen molar-refractivity contribution in [2.24, 2.45) is 11.8 Å². The summed E-state index contributed by atoms with van der Waals surface area (Å²) in [6.45, 7) is 27.3. The van der Waals surface area contributed by atoms with Crippen LogP contribution in [0.25, 0.3) is 0 Å². The first-order valence-electron chi connectivity index (χ1n) is 8.57. The van der Waals surface area contributed by atoms with E-state index in [9.17, 15) is 0 Å². The third-order valence-corrected chi connectivity index (χ3v) is 9.89. The van der Waals surface area contributed by atoms with Crippen molar-refractivity contribution in [1.29, 1.82) is 0 Å². The van der Waals surface area contributed by atoms with Gasteiger partial charge in [0.15, 0.2) is 8.32 Å². The van der Waals surface area contributed by atoms with Gasteiger partial charge in [-0.2, -0.15) is 0 Å². The van der Waals surface area contributed by atoms with Crippen molar-refractivity contribution in [2.45, 2.75) is 65.8 Å². The Morgan fingerprint density at radius 2 is 1.57 bits per heavy atom. The minimum atomic E-state index is -1.83. The lowest BCUT2D eigenvalue weighted by Crippen LogP contribution is -2.50. The third-order valence-electron chi connectivity index (χ3n) is 4.79. The van der Waals surface area contributed by atoms with Crippen molar-refractivity contribution in [3.63, 3.8) is 0 Å². The molecule has 134 valence electrons. The summed E-state index contributed by atoms with van der Waals surface area (Å²) in [5, 5.41) is 0.198. The van der Waals surface area contributed by atoms with Crippen molar-refractivity contribution < 1.29 is 4.43 Å². The van der Waals surface area contributed by atoms with Gasteiger partial charge in [0, 0.05) is 19.0 Å². The topological polar surface area (TPSA) is 12.5 Å². The van der Waals surface area contributed by atoms with Crippen molar-refractivity contribution in [1.82, 2.24) is 4.90 Å². The molecule has 4 heteroatoms. The lowest BCUT2D eigenvalue weighted by molar-refractivity contribution is 0.104. The molecule has 0 unspecified atom stereocenters. The first-order chi connectivity index (χ1) is 10.4. The zero-order chi connectivity index (χ0) is 18.4. The summed E-state index contributed by atoms with van der Waals surface area (Å²) in [6.07, 6.45) is 3.92. The van der Waals surface area contributed by atoms with Gasteiger partial charge in [0.2, 0.25) is 0 Å². The Balaban J connectivity index is 5.33. The van der Waals surface area contributed by atoms with E-state index >= 15 is 0 Å². The van der Waals surface area contributed by atoms with E-state index in [1.54, 1.807) is 0 Å². The number of nitrogens with zero attached hydrogens (tertiary/aromatic N) is 1. The Morgan fingerprint density at radius 3 is 1.87 bits per heavy atom. The zero-order valence-corrected chi connectivity index (χ0v) is 18.3. The SMILES string of the molecule is C=CCN(CC=C)C(=S)[C@H](C)[C@@H](O[Si](C)(C)C(C)(C)C)C(C)C. The second-order valence-electron chi connectivity index (χ2n) is 8.20. The molecule has 0 amide bonds. The predicted molar refractivity (Wildman–Crippen MR) is 111 cm³/mol. The van der Waals surface area contributed by atoms with E-state index < -0.39 is 8.32 Å². The van der Waals surface area contributed by atoms with Crippen LogP contribution in [0.15, 0.2) is 25.3 Å². The van der Waals surface area contributed by atoms with Crippen LogP contribution in [0.5, 0.6) is 0 Å². The van der Waals surface area contributed by atoms with Crippen LogP contribution in [0.4, 0.5) is 0 Å². The Morgan fingerprint density at radius 1 is 1.13 bits per heavy atom. The second kappa shape index (κ2) is 9.14. The molecule has 0 aliphatic carbocycles. The van der Waals surface area contributed by atoms with Gasteiger partial charge < -0.3 is 9.33 Å². The van der Waals surface area contributed by atoms with Crippen LogP contribution in [0, 0.1) is 11.8 Å². The third kappa shape index (κ3) is 6.52. The van der Waals surface area contributed by atoms with Gasteiger partial charge in [-0.15, -0.1) is 13.2 Å². The molecule has 0 heterocycles. The van der Waals surface area contributed by atoms with Gasteiger partial charge in [-0.25, -0.2) is 0 Å². The lowest BCUT2D eigenvalue weighted by Gasteiger charge is -2.43. The van der Waals surface area contributed by atoms with Crippen LogP contribution in [-0.2, 0) is 4.43 Å². The maximum absolute atomic E-state index is 6.73. The highest BCUT2D eigenvalue weighted by atomic mass is 32.1. The van der Waals surface area contributed by atoms with E-state index in [4.69, 9.17) is 16.6 Å². The average molecular weight is 356 g/mol. The Hall–Kier alpha value is -0.453. The Labute approximate surface area is 151 Å². The zero-order valence-electron chi connectivity index (χ0n) is 16.5. The highest BCUT2D eigenvalue weighted by Gasteiger charge is 2.41.